The Morgan fingerprint density at radius 3 is 2.51 bits per heavy atom. The average molecular weight is 500 g/mol. The summed E-state index contributed by atoms with van der Waals surface area (Å²) in [7, 11) is 2.03. The Morgan fingerprint density at radius 2 is 1.84 bits per heavy atom. The van der Waals surface area contributed by atoms with Gasteiger partial charge in [-0.2, -0.15) is 0 Å². The van der Waals surface area contributed by atoms with Crippen molar-refractivity contribution in [2.24, 2.45) is 7.05 Å². The number of hydrogen-bond acceptors (Lipinski definition) is 2. The lowest BCUT2D eigenvalue weighted by Crippen LogP contribution is -2.45. The van der Waals surface area contributed by atoms with Crippen molar-refractivity contribution >= 4 is 23.2 Å². The molecule has 37 heavy (non-hydrogen) atoms. The molecule has 2 unspecified atom stereocenters. The summed E-state index contributed by atoms with van der Waals surface area (Å²) in [4.78, 5) is 27.3. The minimum Gasteiger partial charge on any atom is -0.351 e. The van der Waals surface area contributed by atoms with Crippen LogP contribution in [0.1, 0.15) is 70.5 Å². The van der Waals surface area contributed by atoms with Crippen LogP contribution in [0.2, 0.25) is 0 Å². The van der Waals surface area contributed by atoms with Gasteiger partial charge >= 0.3 is 0 Å². The Hall–Kier alpha value is -3.60. The van der Waals surface area contributed by atoms with Crippen molar-refractivity contribution in [3.05, 3.63) is 95.3 Å². The summed E-state index contributed by atoms with van der Waals surface area (Å²) in [6, 6.07) is 18.1. The van der Waals surface area contributed by atoms with Gasteiger partial charge in [0.05, 0.1) is 6.04 Å². The fourth-order valence-electron chi connectivity index (χ4n) is 4.82. The Labute approximate surface area is 221 Å². The smallest absolute Gasteiger partial charge is 0.243 e. The van der Waals surface area contributed by atoms with E-state index in [1.165, 1.54) is 16.5 Å². The number of benzene rings is 2. The van der Waals surface area contributed by atoms with Gasteiger partial charge in [-0.05, 0) is 67.3 Å². The van der Waals surface area contributed by atoms with Crippen LogP contribution in [-0.4, -0.2) is 27.8 Å². The molecule has 0 fully saturated rings. The lowest BCUT2D eigenvalue weighted by Gasteiger charge is -2.28. The van der Waals surface area contributed by atoms with Crippen LogP contribution in [0.4, 0.5) is 0 Å². The standard InChI is InChI=1S/C32H41N3O2/c1-6-8-14-30(35(23-36)22-25(4)19-24(3)20-26-12-10-9-11-13-26)32(37)33-29(7-2)28-16-15-27-17-18-34(5)31(27)21-28/h9-13,15-19,21-23,29-30H,6-8,14,20H2,1-5H3,(H,33,37)/b24-19+,25-22-. The van der Waals surface area contributed by atoms with Crippen molar-refractivity contribution in [3.8, 4) is 0 Å². The fraction of sp³-hybridized carbons (Fsp3) is 0.375. The van der Waals surface area contributed by atoms with Gasteiger partial charge in [-0.3, -0.25) is 9.59 Å². The van der Waals surface area contributed by atoms with Crippen LogP contribution in [0.3, 0.4) is 0 Å². The normalized spacial score (nSPS) is 13.9. The first kappa shape index (κ1) is 28.0. The zero-order chi connectivity index (χ0) is 26.8. The number of nitrogens with one attached hydrogen (secondary N) is 1. The second-order valence-electron chi connectivity index (χ2n) is 9.95. The van der Waals surface area contributed by atoms with Gasteiger partial charge in [0.1, 0.15) is 6.04 Å². The highest BCUT2D eigenvalue weighted by molar-refractivity contribution is 5.85. The highest BCUT2D eigenvalue weighted by atomic mass is 16.2. The number of hydrogen-bond donors (Lipinski definition) is 1. The molecule has 0 aliphatic carbocycles. The number of amides is 2. The quantitative estimate of drug-likeness (QED) is 0.206. The summed E-state index contributed by atoms with van der Waals surface area (Å²) in [6.07, 6.45) is 10.8. The number of nitrogens with zero attached hydrogens (tertiary/aromatic N) is 2. The molecule has 3 aromatic rings. The third kappa shape index (κ3) is 7.69. The van der Waals surface area contributed by atoms with E-state index in [1.54, 1.807) is 11.1 Å². The summed E-state index contributed by atoms with van der Waals surface area (Å²) in [6.45, 7) is 8.24. The monoisotopic (exact) mass is 499 g/mol. The Balaban J connectivity index is 1.78. The fourth-order valence-corrected chi connectivity index (χ4v) is 4.82. The Kier molecular flexibility index (Phi) is 10.3. The van der Waals surface area contributed by atoms with Crippen LogP contribution in [0.15, 0.2) is 84.2 Å². The van der Waals surface area contributed by atoms with Gasteiger partial charge in [-0.15, -0.1) is 0 Å². The van der Waals surface area contributed by atoms with Crippen molar-refractivity contribution in [2.45, 2.75) is 71.9 Å². The van der Waals surface area contributed by atoms with Crippen molar-refractivity contribution < 1.29 is 9.59 Å². The molecule has 2 amide bonds. The van der Waals surface area contributed by atoms with E-state index < -0.39 is 6.04 Å². The van der Waals surface area contributed by atoms with E-state index in [0.29, 0.717) is 6.42 Å². The third-order valence-corrected chi connectivity index (χ3v) is 6.81. The Bertz CT molecular complexity index is 1240. The average Bonchev–Trinajstić information content (AvgIpc) is 3.27. The summed E-state index contributed by atoms with van der Waals surface area (Å²) in [5.74, 6) is -0.117. The van der Waals surface area contributed by atoms with Crippen LogP contribution in [0, 0.1) is 0 Å². The molecule has 0 saturated carbocycles. The number of fused-ring (bicyclic) bond motifs is 1. The molecule has 0 bridgehead atoms. The van der Waals surface area contributed by atoms with Crippen LogP contribution >= 0.6 is 0 Å². The Morgan fingerprint density at radius 1 is 1.08 bits per heavy atom. The zero-order valence-electron chi connectivity index (χ0n) is 22.9. The predicted octanol–water partition coefficient (Wildman–Crippen LogP) is 6.86. The topological polar surface area (TPSA) is 54.3 Å². The molecule has 1 aromatic heterocycles. The molecular formula is C32H41N3O2. The second-order valence-corrected chi connectivity index (χ2v) is 9.95. The largest absolute Gasteiger partial charge is 0.351 e. The molecule has 5 nitrogen and oxygen atoms in total. The van der Waals surface area contributed by atoms with Gasteiger partial charge in [0, 0.05) is 25.0 Å². The van der Waals surface area contributed by atoms with E-state index >= 15 is 0 Å². The molecule has 1 N–H and O–H groups in total. The summed E-state index contributed by atoms with van der Waals surface area (Å²) >= 11 is 0. The first-order valence-electron chi connectivity index (χ1n) is 13.3. The number of carbonyl (C=O) groups is 2. The van der Waals surface area contributed by atoms with E-state index in [9.17, 15) is 9.59 Å². The number of aromatic nitrogens is 1. The van der Waals surface area contributed by atoms with Crippen LogP contribution < -0.4 is 5.32 Å². The molecule has 0 aliphatic rings. The maximum absolute atomic E-state index is 13.6. The SMILES string of the molecule is CCCCC(C(=O)NC(CC)c1ccc2ccn(C)c2c1)N(C=O)/C=C(C)\C=C(/C)Cc1ccccc1. The number of carbonyl (C=O) groups excluding carboxylic acids is 2. The molecule has 5 heteroatoms. The van der Waals surface area contributed by atoms with Gasteiger partial charge in [0.25, 0.3) is 0 Å². The van der Waals surface area contributed by atoms with E-state index in [4.69, 9.17) is 0 Å². The third-order valence-electron chi connectivity index (χ3n) is 6.81. The van der Waals surface area contributed by atoms with Gasteiger partial charge in [-0.25, -0.2) is 0 Å². The second kappa shape index (κ2) is 13.6. The summed E-state index contributed by atoms with van der Waals surface area (Å²) < 4.78 is 2.09. The van der Waals surface area contributed by atoms with Gasteiger partial charge < -0.3 is 14.8 Å². The lowest BCUT2D eigenvalue weighted by molar-refractivity contribution is -0.131. The molecule has 0 saturated heterocycles. The minimum absolute atomic E-state index is 0.117. The summed E-state index contributed by atoms with van der Waals surface area (Å²) in [5, 5.41) is 4.41. The molecule has 3 rings (SSSR count). The molecular weight excluding hydrogens is 458 g/mol. The maximum Gasteiger partial charge on any atom is 0.243 e. The zero-order valence-corrected chi connectivity index (χ0v) is 22.9. The predicted molar refractivity (Wildman–Crippen MR) is 153 cm³/mol. The molecule has 2 atom stereocenters. The van der Waals surface area contributed by atoms with Crippen LogP contribution in [0.25, 0.3) is 10.9 Å². The highest BCUT2D eigenvalue weighted by Gasteiger charge is 2.26. The minimum atomic E-state index is -0.553. The first-order valence-corrected chi connectivity index (χ1v) is 13.3. The van der Waals surface area contributed by atoms with E-state index in [1.807, 2.05) is 38.4 Å². The number of rotatable bonds is 13. The van der Waals surface area contributed by atoms with Crippen LogP contribution in [0.5, 0.6) is 0 Å². The van der Waals surface area contributed by atoms with Crippen molar-refractivity contribution in [2.75, 3.05) is 0 Å². The number of aryl methyl sites for hydroxylation is 1. The first-order chi connectivity index (χ1) is 17.9. The molecule has 196 valence electrons. The van der Waals surface area contributed by atoms with Crippen molar-refractivity contribution in [1.29, 1.82) is 0 Å². The summed E-state index contributed by atoms with van der Waals surface area (Å²) in [5.41, 5.74) is 5.59. The molecule has 2 aromatic carbocycles. The van der Waals surface area contributed by atoms with Gasteiger partial charge in [0.2, 0.25) is 12.3 Å². The van der Waals surface area contributed by atoms with Crippen LogP contribution in [-0.2, 0) is 23.1 Å². The van der Waals surface area contributed by atoms with Crippen molar-refractivity contribution in [3.63, 3.8) is 0 Å². The van der Waals surface area contributed by atoms with Gasteiger partial charge in [0.15, 0.2) is 0 Å². The molecule has 0 radical (unpaired) electrons. The van der Waals surface area contributed by atoms with Gasteiger partial charge in [-0.1, -0.05) is 80.8 Å². The maximum atomic E-state index is 13.6. The number of allylic oxidation sites excluding steroid dienone is 3. The molecule has 0 aliphatic heterocycles. The van der Waals surface area contributed by atoms with E-state index in [2.05, 4.69) is 73.1 Å². The highest BCUT2D eigenvalue weighted by Crippen LogP contribution is 2.24. The molecule has 0 spiro atoms. The lowest BCUT2D eigenvalue weighted by atomic mass is 10.0. The molecule has 1 heterocycles. The van der Waals surface area contributed by atoms with Crippen molar-refractivity contribution in [1.82, 2.24) is 14.8 Å². The van der Waals surface area contributed by atoms with E-state index in [0.717, 1.165) is 48.7 Å². The van der Waals surface area contributed by atoms with E-state index in [-0.39, 0.29) is 11.9 Å². The number of unbranched alkanes of at least 4 members (excludes halogenated alkanes) is 1.